The van der Waals surface area contributed by atoms with Crippen LogP contribution in [0.4, 0.5) is 9.59 Å². The summed E-state index contributed by atoms with van der Waals surface area (Å²) in [6, 6.07) is 0. The van der Waals surface area contributed by atoms with Crippen LogP contribution in [0.5, 0.6) is 0 Å². The summed E-state index contributed by atoms with van der Waals surface area (Å²) in [6.07, 6.45) is -4.69. The van der Waals surface area contributed by atoms with E-state index < -0.39 is 43.2 Å². The highest BCUT2D eigenvalue weighted by molar-refractivity contribution is 5.65. The van der Waals surface area contributed by atoms with Crippen LogP contribution in [0.25, 0.3) is 0 Å². The molecule has 0 spiro atoms. The molecule has 0 aliphatic rings. The van der Waals surface area contributed by atoms with Crippen molar-refractivity contribution in [2.45, 2.75) is 26.4 Å². The van der Waals surface area contributed by atoms with Crippen molar-refractivity contribution in [2.24, 2.45) is 16.9 Å². The zero-order valence-electron chi connectivity index (χ0n) is 13.0. The first-order valence-electron chi connectivity index (χ1n) is 6.40. The third-order valence-corrected chi connectivity index (χ3v) is 1.46. The van der Waals surface area contributed by atoms with Crippen LogP contribution in [0.15, 0.2) is 0 Å². The largest absolute Gasteiger partial charge is 0.449 e. The predicted molar refractivity (Wildman–Crippen MR) is 55.5 cm³/mol. The summed E-state index contributed by atoms with van der Waals surface area (Å²) in [7, 11) is 0. The second kappa shape index (κ2) is 6.16. The van der Waals surface area contributed by atoms with Gasteiger partial charge in [-0.05, 0) is 13.3 Å². The molecule has 5 N–H and O–H groups in total. The minimum Gasteiger partial charge on any atom is -0.449 e. The first-order valence-corrected chi connectivity index (χ1v) is 4.40. The van der Waals surface area contributed by atoms with E-state index in [1.807, 2.05) is 0 Å². The normalized spacial score (nSPS) is 18.4. The van der Waals surface area contributed by atoms with Crippen molar-refractivity contribution in [1.82, 2.24) is 0 Å². The highest BCUT2D eigenvalue weighted by atomic mass is 16.6. The van der Waals surface area contributed by atoms with Crippen molar-refractivity contribution in [1.29, 1.82) is 0 Å². The fourth-order valence-electron chi connectivity index (χ4n) is 1.02. The van der Waals surface area contributed by atoms with Crippen molar-refractivity contribution in [2.75, 3.05) is 13.1 Å². The summed E-state index contributed by atoms with van der Waals surface area (Å²) in [4.78, 5) is 21.5. The molecular weight excluding hydrogens is 216 g/mol. The highest BCUT2D eigenvalue weighted by Crippen LogP contribution is 2.24. The second-order valence-corrected chi connectivity index (χ2v) is 3.43. The molecule has 1 atom stereocenters. The van der Waals surface area contributed by atoms with E-state index in [1.54, 1.807) is 0 Å². The molecule has 0 aliphatic heterocycles. The Hall–Kier alpha value is -1.50. The maximum absolute atomic E-state index is 10.7. The Labute approximate surface area is 99.3 Å². The Morgan fingerprint density at radius 1 is 1.38 bits per heavy atom. The van der Waals surface area contributed by atoms with Crippen molar-refractivity contribution in [3.63, 3.8) is 0 Å². The van der Waals surface area contributed by atoms with Crippen molar-refractivity contribution >= 4 is 12.2 Å². The fourth-order valence-corrected chi connectivity index (χ4v) is 1.02. The van der Waals surface area contributed by atoms with Gasteiger partial charge in [-0.1, -0.05) is 6.92 Å². The molecule has 0 rings (SSSR count). The molecular formula is C9H18N2O5. The van der Waals surface area contributed by atoms with Crippen LogP contribution in [0.2, 0.25) is 0 Å². The van der Waals surface area contributed by atoms with Gasteiger partial charge in [-0.3, -0.25) is 0 Å². The molecule has 0 saturated heterocycles. The average molecular weight is 238 g/mol. The zero-order chi connectivity index (χ0) is 16.4. The van der Waals surface area contributed by atoms with Gasteiger partial charge in [0, 0.05) is 5.41 Å². The molecule has 7 nitrogen and oxygen atoms in total. The third kappa shape index (κ3) is 6.88. The summed E-state index contributed by atoms with van der Waals surface area (Å²) in [6.45, 7) is -3.67. The number of aliphatic hydroxyl groups is 1. The summed E-state index contributed by atoms with van der Waals surface area (Å²) < 4.78 is 39.2. The number of carbonyl (C=O) groups excluding carboxylic acids is 2. The van der Waals surface area contributed by atoms with E-state index in [0.29, 0.717) is 0 Å². The Morgan fingerprint density at radius 2 is 1.75 bits per heavy atom. The van der Waals surface area contributed by atoms with Gasteiger partial charge in [-0.2, -0.15) is 0 Å². The van der Waals surface area contributed by atoms with Gasteiger partial charge in [0.05, 0.1) is 11.6 Å². The molecule has 1 unspecified atom stereocenters. The van der Waals surface area contributed by atoms with Gasteiger partial charge in [0.2, 0.25) is 0 Å². The number of amides is 2. The number of nitrogens with two attached hydrogens (primary N) is 2. The van der Waals surface area contributed by atoms with Gasteiger partial charge in [0.1, 0.15) is 13.1 Å². The van der Waals surface area contributed by atoms with Crippen molar-refractivity contribution < 1.29 is 29.7 Å². The molecule has 0 fully saturated rings. The van der Waals surface area contributed by atoms with E-state index in [1.165, 1.54) is 6.92 Å². The van der Waals surface area contributed by atoms with Crippen LogP contribution < -0.4 is 11.5 Å². The second-order valence-electron chi connectivity index (χ2n) is 3.43. The lowest BCUT2D eigenvalue weighted by molar-refractivity contribution is 0.0103. The van der Waals surface area contributed by atoms with Gasteiger partial charge >= 0.3 is 12.2 Å². The molecule has 0 bridgehead atoms. The van der Waals surface area contributed by atoms with E-state index in [-0.39, 0.29) is 0 Å². The monoisotopic (exact) mass is 238 g/mol. The lowest BCUT2D eigenvalue weighted by Gasteiger charge is -2.28. The summed E-state index contributed by atoms with van der Waals surface area (Å²) in [5.74, 6) is 0. The number of primary amides is 2. The maximum atomic E-state index is 10.7. The molecule has 0 aliphatic carbocycles. The molecule has 2 amide bonds. The minimum absolute atomic E-state index is 0.534. The smallest absolute Gasteiger partial charge is 0.404 e. The van der Waals surface area contributed by atoms with Gasteiger partial charge < -0.3 is 26.0 Å². The highest BCUT2D eigenvalue weighted by Gasteiger charge is 2.29. The van der Waals surface area contributed by atoms with Crippen LogP contribution in [0, 0.1) is 5.41 Å². The van der Waals surface area contributed by atoms with Crippen LogP contribution >= 0.6 is 0 Å². The summed E-state index contributed by atoms with van der Waals surface area (Å²) in [5.41, 5.74) is 7.21. The third-order valence-electron chi connectivity index (χ3n) is 1.46. The molecule has 0 aromatic rings. The Balaban J connectivity index is 5.71. The topological polar surface area (TPSA) is 125 Å². The standard InChI is InChI=1S/C9H18N2O5/c1-6(12)3-9(2,4-15-7(10)13)5-16-8(11)14/h6,12H,3-5H2,1-2H3,(H2,10,13)(H2,11,14)/i4D2,5D2. The first kappa shape index (κ1) is 8.63. The van der Waals surface area contributed by atoms with Crippen LogP contribution in [0.1, 0.15) is 25.8 Å². The molecule has 0 radical (unpaired) electrons. The fraction of sp³-hybridized carbons (Fsp3) is 0.778. The van der Waals surface area contributed by atoms with E-state index >= 15 is 0 Å². The molecule has 94 valence electrons. The van der Waals surface area contributed by atoms with E-state index in [0.717, 1.165) is 6.92 Å². The van der Waals surface area contributed by atoms with Crippen molar-refractivity contribution in [3.8, 4) is 0 Å². The Kier molecular flexibility index (Phi) is 3.32. The number of ether oxygens (including phenoxy) is 2. The number of rotatable bonds is 6. The van der Waals surface area contributed by atoms with Crippen molar-refractivity contribution in [3.05, 3.63) is 0 Å². The van der Waals surface area contributed by atoms with E-state index in [4.69, 9.17) is 17.0 Å². The number of hydrogen-bond donors (Lipinski definition) is 3. The van der Waals surface area contributed by atoms with Gasteiger partial charge in [-0.25, -0.2) is 9.59 Å². The van der Waals surface area contributed by atoms with Crippen LogP contribution in [-0.2, 0) is 9.47 Å². The number of carbonyl (C=O) groups is 2. The number of hydrogen-bond acceptors (Lipinski definition) is 5. The Bertz CT molecular complexity index is 361. The lowest BCUT2D eigenvalue weighted by atomic mass is 9.86. The molecule has 0 aromatic carbocycles. The average Bonchev–Trinajstić information content (AvgIpc) is 2.10. The minimum atomic E-state index is -2.96. The van der Waals surface area contributed by atoms with E-state index in [9.17, 15) is 14.7 Å². The maximum Gasteiger partial charge on any atom is 0.404 e. The quantitative estimate of drug-likeness (QED) is 0.598. The number of aliphatic hydroxyl groups excluding tert-OH is 1. The first-order chi connectivity index (χ1) is 8.75. The van der Waals surface area contributed by atoms with Crippen LogP contribution in [-0.4, -0.2) is 36.5 Å². The Morgan fingerprint density at radius 3 is 2.00 bits per heavy atom. The van der Waals surface area contributed by atoms with Crippen LogP contribution in [0.3, 0.4) is 0 Å². The molecule has 0 aromatic heterocycles. The predicted octanol–water partition coefficient (Wildman–Crippen LogP) is -0.0458. The molecule has 7 heteroatoms. The molecule has 0 heterocycles. The van der Waals surface area contributed by atoms with E-state index in [2.05, 4.69) is 9.47 Å². The zero-order valence-corrected chi connectivity index (χ0v) is 9.02. The SMILES string of the molecule is [2H]C([2H])(OC(N)=O)C(C)(CC(C)O)C([2H])([2H])OC(N)=O. The van der Waals surface area contributed by atoms with Gasteiger partial charge in [0.25, 0.3) is 0 Å². The lowest BCUT2D eigenvalue weighted by Crippen LogP contribution is -2.36. The summed E-state index contributed by atoms with van der Waals surface area (Å²) >= 11 is 0. The van der Waals surface area contributed by atoms with Gasteiger partial charge in [-0.15, -0.1) is 0 Å². The molecule has 16 heavy (non-hydrogen) atoms. The summed E-state index contributed by atoms with van der Waals surface area (Å²) in [5, 5.41) is 9.41. The van der Waals surface area contributed by atoms with Gasteiger partial charge in [0.15, 0.2) is 0 Å². The molecule has 0 saturated carbocycles.